The molecule has 0 aromatic heterocycles. The summed E-state index contributed by atoms with van der Waals surface area (Å²) in [6, 6.07) is 2.12. The van der Waals surface area contributed by atoms with Crippen LogP contribution in [0, 0.1) is 17.6 Å². The number of ether oxygens (including phenoxy) is 1. The topological polar surface area (TPSA) is 64.3 Å². The molecular weight excluding hydrogens is 230 g/mol. The summed E-state index contributed by atoms with van der Waals surface area (Å²) in [7, 11) is 0. The molecule has 4 nitrogen and oxygen atoms in total. The van der Waals surface area contributed by atoms with Crippen LogP contribution in [-0.4, -0.2) is 19.1 Å². The minimum atomic E-state index is -1.14. The van der Waals surface area contributed by atoms with Crippen LogP contribution in [0.5, 0.6) is 0 Å². The molecule has 1 aliphatic heterocycles. The van der Waals surface area contributed by atoms with Gasteiger partial charge in [0.15, 0.2) is 11.6 Å². The molecule has 1 saturated heterocycles. The predicted octanol–water partition coefficient (Wildman–Crippen LogP) is 1.52. The number of anilines is 2. The summed E-state index contributed by atoms with van der Waals surface area (Å²) in [4.78, 5) is 11.7. The van der Waals surface area contributed by atoms with Gasteiger partial charge >= 0.3 is 0 Å². The molecule has 1 heterocycles. The van der Waals surface area contributed by atoms with Crippen LogP contribution in [0.4, 0.5) is 20.2 Å². The zero-order chi connectivity index (χ0) is 12.4. The number of benzene rings is 1. The quantitative estimate of drug-likeness (QED) is 0.773. The Labute approximate surface area is 96.7 Å². The summed E-state index contributed by atoms with van der Waals surface area (Å²) < 4.78 is 31.4. The lowest BCUT2D eigenvalue weighted by Gasteiger charge is -2.12. The van der Waals surface area contributed by atoms with E-state index in [1.165, 1.54) is 6.07 Å². The van der Waals surface area contributed by atoms with Crippen LogP contribution in [0.1, 0.15) is 6.42 Å². The number of carbonyl (C=O) groups excluding carboxylic acids is 1. The first-order valence-electron chi connectivity index (χ1n) is 5.21. The zero-order valence-corrected chi connectivity index (χ0v) is 9.00. The van der Waals surface area contributed by atoms with Crippen molar-refractivity contribution in [2.75, 3.05) is 24.3 Å². The number of nitrogens with two attached hydrogens (primary N) is 1. The molecule has 1 aliphatic rings. The number of amides is 1. The van der Waals surface area contributed by atoms with Gasteiger partial charge in [0.25, 0.3) is 0 Å². The summed E-state index contributed by atoms with van der Waals surface area (Å²) in [5.74, 6) is -2.93. The highest BCUT2D eigenvalue weighted by Gasteiger charge is 2.25. The molecule has 1 atom stereocenters. The molecule has 0 bridgehead atoms. The Morgan fingerprint density at radius 2 is 2.24 bits per heavy atom. The lowest BCUT2D eigenvalue weighted by Crippen LogP contribution is -2.24. The first-order valence-corrected chi connectivity index (χ1v) is 5.21. The molecule has 0 radical (unpaired) electrons. The van der Waals surface area contributed by atoms with Crippen molar-refractivity contribution < 1.29 is 18.3 Å². The number of hydrogen-bond acceptors (Lipinski definition) is 3. The van der Waals surface area contributed by atoms with E-state index in [1.54, 1.807) is 0 Å². The van der Waals surface area contributed by atoms with Gasteiger partial charge in [-0.3, -0.25) is 4.79 Å². The number of rotatable bonds is 2. The van der Waals surface area contributed by atoms with Gasteiger partial charge in [-0.2, -0.15) is 0 Å². The molecule has 0 aliphatic carbocycles. The second-order valence-corrected chi connectivity index (χ2v) is 3.88. The highest BCUT2D eigenvalue weighted by Crippen LogP contribution is 2.26. The maximum Gasteiger partial charge on any atom is 0.230 e. The highest BCUT2D eigenvalue weighted by atomic mass is 19.2. The third-order valence-corrected chi connectivity index (χ3v) is 2.68. The first-order chi connectivity index (χ1) is 8.09. The van der Waals surface area contributed by atoms with E-state index in [4.69, 9.17) is 10.5 Å². The van der Waals surface area contributed by atoms with Crippen LogP contribution in [0.25, 0.3) is 0 Å². The molecule has 92 valence electrons. The third kappa shape index (κ3) is 2.36. The molecule has 1 aromatic rings. The smallest absolute Gasteiger partial charge is 0.230 e. The largest absolute Gasteiger partial charge is 0.397 e. The van der Waals surface area contributed by atoms with Crippen molar-refractivity contribution in [2.24, 2.45) is 5.92 Å². The van der Waals surface area contributed by atoms with E-state index >= 15 is 0 Å². The van der Waals surface area contributed by atoms with Gasteiger partial charge in [0, 0.05) is 6.61 Å². The minimum absolute atomic E-state index is 0.00355. The molecule has 3 N–H and O–H groups in total. The average molecular weight is 242 g/mol. The number of nitrogens with one attached hydrogen (secondary N) is 1. The Hall–Kier alpha value is -1.69. The van der Waals surface area contributed by atoms with Crippen LogP contribution < -0.4 is 11.1 Å². The zero-order valence-electron chi connectivity index (χ0n) is 9.00. The van der Waals surface area contributed by atoms with Crippen LogP contribution >= 0.6 is 0 Å². The molecule has 0 saturated carbocycles. The lowest BCUT2D eigenvalue weighted by molar-refractivity contribution is -0.119. The van der Waals surface area contributed by atoms with Crippen LogP contribution in [-0.2, 0) is 9.53 Å². The normalized spacial score (nSPS) is 19.3. The Morgan fingerprint density at radius 3 is 2.88 bits per heavy atom. The van der Waals surface area contributed by atoms with Crippen molar-refractivity contribution in [2.45, 2.75) is 6.42 Å². The van der Waals surface area contributed by atoms with Crippen LogP contribution in [0.3, 0.4) is 0 Å². The fourth-order valence-electron chi connectivity index (χ4n) is 1.66. The molecule has 2 rings (SSSR count). The SMILES string of the molecule is Nc1ccc(F)c(F)c1NC(=O)C1CCOC1. The fraction of sp³-hybridized carbons (Fsp3) is 0.364. The van der Waals surface area contributed by atoms with Crippen molar-refractivity contribution in [1.82, 2.24) is 0 Å². The second kappa shape index (κ2) is 4.67. The third-order valence-electron chi connectivity index (χ3n) is 2.68. The van der Waals surface area contributed by atoms with Gasteiger partial charge in [0.1, 0.15) is 5.69 Å². The van der Waals surface area contributed by atoms with E-state index in [0.29, 0.717) is 19.6 Å². The number of halogens is 2. The van der Waals surface area contributed by atoms with Crippen LogP contribution in [0.2, 0.25) is 0 Å². The molecule has 0 spiro atoms. The van der Waals surface area contributed by atoms with E-state index < -0.39 is 17.5 Å². The summed E-state index contributed by atoms with van der Waals surface area (Å²) >= 11 is 0. The Kier molecular flexibility index (Phi) is 3.23. The van der Waals surface area contributed by atoms with Gasteiger partial charge < -0.3 is 15.8 Å². The average Bonchev–Trinajstić information content (AvgIpc) is 2.83. The second-order valence-electron chi connectivity index (χ2n) is 3.88. The minimum Gasteiger partial charge on any atom is -0.397 e. The first kappa shape index (κ1) is 11.8. The van der Waals surface area contributed by atoms with Gasteiger partial charge in [-0.05, 0) is 18.6 Å². The Morgan fingerprint density at radius 1 is 1.47 bits per heavy atom. The fourth-order valence-corrected chi connectivity index (χ4v) is 1.66. The number of nitrogen functional groups attached to an aromatic ring is 1. The molecule has 6 heteroatoms. The van der Waals surface area contributed by atoms with Crippen molar-refractivity contribution in [3.05, 3.63) is 23.8 Å². The van der Waals surface area contributed by atoms with Gasteiger partial charge in [0.05, 0.1) is 18.2 Å². The predicted molar refractivity (Wildman–Crippen MR) is 58.3 cm³/mol. The van der Waals surface area contributed by atoms with E-state index in [2.05, 4.69) is 5.32 Å². The van der Waals surface area contributed by atoms with Gasteiger partial charge in [-0.25, -0.2) is 8.78 Å². The maximum absolute atomic E-state index is 13.4. The van der Waals surface area contributed by atoms with Crippen LogP contribution in [0.15, 0.2) is 12.1 Å². The summed E-state index contributed by atoms with van der Waals surface area (Å²) in [5.41, 5.74) is 5.18. The molecule has 1 fully saturated rings. The van der Waals surface area contributed by atoms with E-state index in [9.17, 15) is 13.6 Å². The molecule has 1 amide bonds. The molecular formula is C11H12F2N2O2. The number of hydrogen-bond donors (Lipinski definition) is 2. The highest BCUT2D eigenvalue weighted by molar-refractivity contribution is 5.95. The van der Waals surface area contributed by atoms with E-state index in [-0.39, 0.29) is 17.3 Å². The maximum atomic E-state index is 13.4. The van der Waals surface area contributed by atoms with Crippen molar-refractivity contribution in [3.63, 3.8) is 0 Å². The Balaban J connectivity index is 2.17. The molecule has 17 heavy (non-hydrogen) atoms. The van der Waals surface area contributed by atoms with Crippen molar-refractivity contribution in [3.8, 4) is 0 Å². The standard InChI is InChI=1S/C11H12F2N2O2/c12-7-1-2-8(14)10(9(7)13)15-11(16)6-3-4-17-5-6/h1-2,6H,3-5,14H2,(H,15,16). The summed E-state index contributed by atoms with van der Waals surface area (Å²) in [6.07, 6.45) is 0.572. The summed E-state index contributed by atoms with van der Waals surface area (Å²) in [6.45, 7) is 0.794. The van der Waals surface area contributed by atoms with Crippen molar-refractivity contribution in [1.29, 1.82) is 0 Å². The Bertz CT molecular complexity index is 445. The summed E-state index contributed by atoms with van der Waals surface area (Å²) in [5, 5.41) is 2.30. The van der Waals surface area contributed by atoms with E-state index in [1.807, 2.05) is 0 Å². The molecule has 1 unspecified atom stereocenters. The van der Waals surface area contributed by atoms with Gasteiger partial charge in [0.2, 0.25) is 5.91 Å². The molecule has 1 aromatic carbocycles. The number of carbonyl (C=O) groups is 1. The van der Waals surface area contributed by atoms with E-state index in [0.717, 1.165) is 6.07 Å². The van der Waals surface area contributed by atoms with Crippen molar-refractivity contribution >= 4 is 17.3 Å². The monoisotopic (exact) mass is 242 g/mol. The lowest BCUT2D eigenvalue weighted by atomic mass is 10.1. The van der Waals surface area contributed by atoms with Gasteiger partial charge in [-0.1, -0.05) is 0 Å². The van der Waals surface area contributed by atoms with Gasteiger partial charge in [-0.15, -0.1) is 0 Å².